The molecule has 172 valence electrons. The zero-order valence-electron chi connectivity index (χ0n) is 17.3. The minimum Gasteiger partial charge on any atom is -0.298 e. The molecule has 0 bridgehead atoms. The predicted octanol–water partition coefficient (Wildman–Crippen LogP) is 7.61. The third-order valence-electron chi connectivity index (χ3n) is 4.14. The monoisotopic (exact) mass is 611 g/mol. The molecule has 0 N–H and O–H groups in total. The largest absolute Gasteiger partial charge is 0.416 e. The molecule has 0 saturated carbocycles. The molecule has 0 saturated heterocycles. The van der Waals surface area contributed by atoms with E-state index in [2.05, 4.69) is 32.6 Å². The molecule has 33 heavy (non-hydrogen) atoms. The fourth-order valence-corrected chi connectivity index (χ4v) is 3.49. The van der Waals surface area contributed by atoms with Crippen molar-refractivity contribution in [2.24, 2.45) is 0 Å². The first-order chi connectivity index (χ1) is 16.0. The number of halogens is 7. The molecule has 4 nitrogen and oxygen atoms in total. The molecule has 0 atom stereocenters. The molecule has 4 aromatic rings. The first-order valence-electron chi connectivity index (χ1n) is 9.43. The van der Waals surface area contributed by atoms with Gasteiger partial charge in [0, 0.05) is 14.3 Å². The fourth-order valence-electron chi connectivity index (χ4n) is 2.63. The topological polar surface area (TPSA) is 59.9 Å². The standard InChI is InChI=1S/C11H5ClF3NO.C10H5ClINO.CH3F/c12-10-7(5-17)3-6-1-2-8(11(13,14)15)4-9(6)16-10;11-10-7(5-14)3-6-1-2-8(12)4-9(6)13-10;1-2/h1-5H;1-5H;1H3/i;;1D. The van der Waals surface area contributed by atoms with Gasteiger partial charge in [-0.15, -0.1) is 0 Å². The highest BCUT2D eigenvalue weighted by atomic mass is 127. The number of pyridine rings is 2. The number of carbonyl (C=O) groups is 2. The Labute approximate surface area is 210 Å². The first kappa shape index (κ1) is 25.3. The Morgan fingerprint density at radius 1 is 0.879 bits per heavy atom. The van der Waals surface area contributed by atoms with Crippen molar-refractivity contribution in [3.05, 3.63) is 79.1 Å². The Balaban J connectivity index is 0.000000219. The third kappa shape index (κ3) is 6.81. The van der Waals surface area contributed by atoms with E-state index in [9.17, 15) is 27.2 Å². The molecular weight excluding hydrogens is 598 g/mol. The van der Waals surface area contributed by atoms with Crippen molar-refractivity contribution < 1.29 is 28.5 Å². The SMILES string of the molecule is O=Cc1cc2ccc(C(F)(F)F)cc2nc1Cl.O=Cc1cc2ccc(I)cc2nc1Cl.[2H]CF. The van der Waals surface area contributed by atoms with Gasteiger partial charge in [-0.05, 0) is 59.0 Å². The predicted molar refractivity (Wildman–Crippen MR) is 129 cm³/mol. The first-order valence-corrected chi connectivity index (χ1v) is 10.6. The van der Waals surface area contributed by atoms with Gasteiger partial charge in [0.2, 0.25) is 0 Å². The average Bonchev–Trinajstić information content (AvgIpc) is 2.78. The Morgan fingerprint density at radius 3 is 1.79 bits per heavy atom. The lowest BCUT2D eigenvalue weighted by Crippen LogP contribution is -2.04. The number of rotatable bonds is 2. The van der Waals surface area contributed by atoms with Crippen LogP contribution >= 0.6 is 45.8 Å². The Kier molecular flexibility index (Phi) is 8.93. The van der Waals surface area contributed by atoms with Gasteiger partial charge in [-0.25, -0.2) is 9.97 Å². The quantitative estimate of drug-likeness (QED) is 0.101. The number of alkyl halides is 4. The third-order valence-corrected chi connectivity index (χ3v) is 5.42. The summed E-state index contributed by atoms with van der Waals surface area (Å²) in [7, 11) is -1.00. The normalized spacial score (nSPS) is 11.1. The molecule has 0 unspecified atom stereocenters. The van der Waals surface area contributed by atoms with Crippen LogP contribution in [0.2, 0.25) is 10.3 Å². The van der Waals surface area contributed by atoms with Gasteiger partial charge in [0.1, 0.15) is 10.3 Å². The number of benzene rings is 2. The lowest BCUT2D eigenvalue weighted by atomic mass is 10.1. The van der Waals surface area contributed by atoms with E-state index in [0.717, 1.165) is 26.6 Å². The molecule has 0 amide bonds. The summed E-state index contributed by atoms with van der Waals surface area (Å²) in [6, 6.07) is 12.1. The zero-order chi connectivity index (χ0) is 25.5. The molecule has 0 aliphatic heterocycles. The number of hydrogen-bond donors (Lipinski definition) is 0. The molecule has 0 aliphatic rings. The van der Waals surface area contributed by atoms with Crippen molar-refractivity contribution in [3.8, 4) is 0 Å². The van der Waals surface area contributed by atoms with Crippen molar-refractivity contribution in [1.29, 1.82) is 0 Å². The molecule has 2 aromatic carbocycles. The molecular formula is C22H13Cl2F4IN2O2. The molecule has 2 heterocycles. The van der Waals surface area contributed by atoms with E-state index in [-0.39, 0.29) is 21.4 Å². The van der Waals surface area contributed by atoms with Crippen molar-refractivity contribution in [2.75, 3.05) is 7.15 Å². The summed E-state index contributed by atoms with van der Waals surface area (Å²) in [5.41, 5.74) is 0.703. The van der Waals surface area contributed by atoms with E-state index in [1.807, 2.05) is 18.2 Å². The maximum absolute atomic E-state index is 12.4. The Morgan fingerprint density at radius 2 is 1.33 bits per heavy atom. The summed E-state index contributed by atoms with van der Waals surface area (Å²) in [6.45, 7) is 0. The molecule has 0 spiro atoms. The summed E-state index contributed by atoms with van der Waals surface area (Å²) in [5, 5.41) is 1.52. The van der Waals surface area contributed by atoms with Crippen LogP contribution in [0.25, 0.3) is 21.8 Å². The molecule has 2 aromatic heterocycles. The van der Waals surface area contributed by atoms with Gasteiger partial charge < -0.3 is 0 Å². The van der Waals surface area contributed by atoms with E-state index in [1.165, 1.54) is 12.1 Å². The van der Waals surface area contributed by atoms with Crippen LogP contribution in [0.4, 0.5) is 17.6 Å². The van der Waals surface area contributed by atoms with E-state index < -0.39 is 18.9 Å². The lowest BCUT2D eigenvalue weighted by Gasteiger charge is -2.07. The average molecular weight is 612 g/mol. The van der Waals surface area contributed by atoms with Crippen LogP contribution in [-0.2, 0) is 6.18 Å². The van der Waals surface area contributed by atoms with Gasteiger partial charge in [-0.2, -0.15) is 13.2 Å². The van der Waals surface area contributed by atoms with Crippen LogP contribution in [-0.4, -0.2) is 29.7 Å². The van der Waals surface area contributed by atoms with Gasteiger partial charge >= 0.3 is 6.18 Å². The number of hydrogen-bond acceptors (Lipinski definition) is 4. The maximum Gasteiger partial charge on any atom is 0.416 e. The molecule has 11 heteroatoms. The number of carbonyl (C=O) groups excluding carboxylic acids is 2. The second kappa shape index (κ2) is 11.7. The van der Waals surface area contributed by atoms with Gasteiger partial charge in [-0.3, -0.25) is 14.0 Å². The minimum atomic E-state index is -4.42. The Bertz CT molecular complexity index is 1340. The maximum atomic E-state index is 12.4. The van der Waals surface area contributed by atoms with Crippen LogP contribution < -0.4 is 0 Å². The molecule has 4 rings (SSSR count). The van der Waals surface area contributed by atoms with E-state index in [4.69, 9.17) is 24.6 Å². The zero-order valence-corrected chi connectivity index (χ0v) is 20.0. The number of aromatic nitrogens is 2. The second-order valence-electron chi connectivity index (χ2n) is 6.21. The Hall–Kier alpha value is -2.37. The summed E-state index contributed by atoms with van der Waals surface area (Å²) < 4.78 is 53.9. The van der Waals surface area contributed by atoms with Crippen molar-refractivity contribution >= 4 is 80.2 Å². The minimum absolute atomic E-state index is 0.105. The summed E-state index contributed by atoms with van der Waals surface area (Å²) in [4.78, 5) is 29.1. The lowest BCUT2D eigenvalue weighted by molar-refractivity contribution is -0.137. The smallest absolute Gasteiger partial charge is 0.298 e. The fraction of sp³-hybridized carbons (Fsp3) is 0.0909. The highest BCUT2D eigenvalue weighted by Crippen LogP contribution is 2.31. The highest BCUT2D eigenvalue weighted by Gasteiger charge is 2.30. The van der Waals surface area contributed by atoms with Gasteiger partial charge in [0.25, 0.3) is 0 Å². The highest BCUT2D eigenvalue weighted by molar-refractivity contribution is 14.1. The van der Waals surface area contributed by atoms with E-state index in [1.54, 1.807) is 6.07 Å². The van der Waals surface area contributed by atoms with Gasteiger partial charge in [0.05, 0.1) is 36.2 Å². The number of aldehydes is 2. The molecule has 0 aliphatic carbocycles. The molecule has 0 radical (unpaired) electrons. The van der Waals surface area contributed by atoms with E-state index in [0.29, 0.717) is 23.5 Å². The van der Waals surface area contributed by atoms with E-state index >= 15 is 0 Å². The van der Waals surface area contributed by atoms with Crippen molar-refractivity contribution in [3.63, 3.8) is 0 Å². The van der Waals surface area contributed by atoms with Crippen LogP contribution in [0.5, 0.6) is 0 Å². The van der Waals surface area contributed by atoms with Crippen molar-refractivity contribution in [2.45, 2.75) is 6.18 Å². The molecule has 0 fully saturated rings. The van der Waals surface area contributed by atoms with Crippen LogP contribution in [0.3, 0.4) is 0 Å². The summed E-state index contributed by atoms with van der Waals surface area (Å²) in [5.74, 6) is 0. The number of nitrogens with zero attached hydrogens (tertiary/aromatic N) is 2. The van der Waals surface area contributed by atoms with Crippen LogP contribution in [0, 0.1) is 3.57 Å². The van der Waals surface area contributed by atoms with Gasteiger partial charge in [-0.1, -0.05) is 35.3 Å². The van der Waals surface area contributed by atoms with Crippen molar-refractivity contribution in [1.82, 2.24) is 9.97 Å². The van der Waals surface area contributed by atoms with Crippen LogP contribution in [0.1, 0.15) is 27.7 Å². The van der Waals surface area contributed by atoms with Crippen LogP contribution in [0.15, 0.2) is 48.5 Å². The summed E-state index contributed by atoms with van der Waals surface area (Å²) in [6.07, 6.45) is -3.20. The van der Waals surface area contributed by atoms with Gasteiger partial charge in [0.15, 0.2) is 12.6 Å². The number of fused-ring (bicyclic) bond motifs is 2. The second-order valence-corrected chi connectivity index (χ2v) is 8.18. The summed E-state index contributed by atoms with van der Waals surface area (Å²) >= 11 is 13.7.